The zero-order valence-electron chi connectivity index (χ0n) is 19.3. The van der Waals surface area contributed by atoms with Crippen molar-refractivity contribution in [3.8, 4) is 0 Å². The second-order valence-corrected chi connectivity index (χ2v) is 11.0. The third-order valence-electron chi connectivity index (χ3n) is 6.82. The Morgan fingerprint density at radius 3 is 2.64 bits per heavy atom. The van der Waals surface area contributed by atoms with Crippen LogP contribution in [0, 0.1) is 12.8 Å². The Kier molecular flexibility index (Phi) is 7.91. The fraction of sp³-hybridized carbons (Fsp3) is 0.560. The highest BCUT2D eigenvalue weighted by Crippen LogP contribution is 2.30. The molecule has 2 aromatic heterocycles. The van der Waals surface area contributed by atoms with E-state index in [-0.39, 0.29) is 23.9 Å². The van der Waals surface area contributed by atoms with E-state index < -0.39 is 6.04 Å². The summed E-state index contributed by atoms with van der Waals surface area (Å²) in [7, 11) is 0. The molecule has 4 rings (SSSR count). The van der Waals surface area contributed by atoms with Gasteiger partial charge in [0.2, 0.25) is 5.91 Å². The topological polar surface area (TPSA) is 83.1 Å². The van der Waals surface area contributed by atoms with Gasteiger partial charge in [-0.1, -0.05) is 37.3 Å². The molecular formula is C25H33ClN4O2S. The van der Waals surface area contributed by atoms with Crippen LogP contribution in [0.2, 0.25) is 5.02 Å². The van der Waals surface area contributed by atoms with Crippen molar-refractivity contribution in [3.63, 3.8) is 0 Å². The number of aryl methyl sites for hydroxylation is 1. The number of hydrogen-bond donors (Lipinski definition) is 3. The number of pyridine rings is 1. The standard InChI is InChI=1S/C25H33ClN4O2S/c1-15-20(13-18(26)14-27-15)28-16(2)22-10-11-23(33-22)25(32)30-21(12-17-6-3-4-7-17)24(31)29-19-8-5-9-19/h10-11,13-14,16-17,19,21,28H,3-9,12H2,1-2H3,(H,29,31)(H,30,32)/t16-,21-/m0/s1. The quantitative estimate of drug-likeness (QED) is 0.427. The summed E-state index contributed by atoms with van der Waals surface area (Å²) in [5.74, 6) is 0.307. The van der Waals surface area contributed by atoms with E-state index in [1.165, 1.54) is 30.6 Å². The fourth-order valence-electron chi connectivity index (χ4n) is 4.56. The molecule has 2 aliphatic carbocycles. The van der Waals surface area contributed by atoms with Gasteiger partial charge in [0.25, 0.3) is 5.91 Å². The van der Waals surface area contributed by atoms with Gasteiger partial charge in [0.05, 0.1) is 27.3 Å². The van der Waals surface area contributed by atoms with Crippen LogP contribution in [0.25, 0.3) is 0 Å². The van der Waals surface area contributed by atoms with Gasteiger partial charge in [-0.05, 0) is 63.6 Å². The largest absolute Gasteiger partial charge is 0.376 e. The molecule has 8 heteroatoms. The summed E-state index contributed by atoms with van der Waals surface area (Å²) in [5.41, 5.74) is 1.74. The van der Waals surface area contributed by atoms with Crippen LogP contribution in [0.5, 0.6) is 0 Å². The van der Waals surface area contributed by atoms with Crippen molar-refractivity contribution in [2.75, 3.05) is 5.32 Å². The average molecular weight is 489 g/mol. The summed E-state index contributed by atoms with van der Waals surface area (Å²) < 4.78 is 0. The number of nitrogens with one attached hydrogen (secondary N) is 3. The van der Waals surface area contributed by atoms with Crippen LogP contribution in [0.15, 0.2) is 24.4 Å². The molecule has 33 heavy (non-hydrogen) atoms. The minimum Gasteiger partial charge on any atom is -0.376 e. The van der Waals surface area contributed by atoms with Crippen LogP contribution in [0.3, 0.4) is 0 Å². The van der Waals surface area contributed by atoms with Crippen LogP contribution < -0.4 is 16.0 Å². The summed E-state index contributed by atoms with van der Waals surface area (Å²) in [6.07, 6.45) is 10.3. The minimum atomic E-state index is -0.470. The lowest BCUT2D eigenvalue weighted by atomic mass is 9.92. The van der Waals surface area contributed by atoms with Gasteiger partial charge in [-0.15, -0.1) is 11.3 Å². The number of carbonyl (C=O) groups excluding carboxylic acids is 2. The lowest BCUT2D eigenvalue weighted by molar-refractivity contribution is -0.124. The number of rotatable bonds is 9. The summed E-state index contributed by atoms with van der Waals surface area (Å²) in [6.45, 7) is 3.97. The smallest absolute Gasteiger partial charge is 0.262 e. The molecule has 2 heterocycles. The van der Waals surface area contributed by atoms with Crippen LogP contribution in [-0.4, -0.2) is 28.9 Å². The van der Waals surface area contributed by atoms with Gasteiger partial charge in [0.1, 0.15) is 6.04 Å². The van der Waals surface area contributed by atoms with E-state index in [4.69, 9.17) is 11.6 Å². The fourth-order valence-corrected chi connectivity index (χ4v) is 5.63. The molecule has 178 valence electrons. The van der Waals surface area contributed by atoms with E-state index in [2.05, 4.69) is 20.9 Å². The molecule has 2 amide bonds. The van der Waals surface area contributed by atoms with Crippen molar-refractivity contribution in [2.24, 2.45) is 5.92 Å². The van der Waals surface area contributed by atoms with E-state index >= 15 is 0 Å². The first-order valence-electron chi connectivity index (χ1n) is 12.0. The highest BCUT2D eigenvalue weighted by molar-refractivity contribution is 7.14. The van der Waals surface area contributed by atoms with E-state index in [0.29, 0.717) is 15.8 Å². The zero-order valence-corrected chi connectivity index (χ0v) is 20.9. The number of carbonyl (C=O) groups is 2. The maximum atomic E-state index is 13.1. The first-order valence-corrected chi connectivity index (χ1v) is 13.2. The highest BCUT2D eigenvalue weighted by Gasteiger charge is 2.30. The predicted molar refractivity (Wildman–Crippen MR) is 134 cm³/mol. The van der Waals surface area contributed by atoms with E-state index in [1.807, 2.05) is 32.0 Å². The number of halogens is 1. The maximum absolute atomic E-state index is 13.1. The molecule has 2 fully saturated rings. The summed E-state index contributed by atoms with van der Waals surface area (Å²) >= 11 is 7.53. The summed E-state index contributed by atoms with van der Waals surface area (Å²) in [6, 6.07) is 5.45. The average Bonchev–Trinajstić information content (AvgIpc) is 3.45. The Balaban J connectivity index is 1.40. The molecule has 0 aromatic carbocycles. The summed E-state index contributed by atoms with van der Waals surface area (Å²) in [4.78, 5) is 31.9. The molecule has 0 spiro atoms. The van der Waals surface area contributed by atoms with Crippen molar-refractivity contribution in [2.45, 2.75) is 83.3 Å². The van der Waals surface area contributed by atoms with E-state index in [0.717, 1.165) is 48.4 Å². The molecule has 2 saturated carbocycles. The molecular weight excluding hydrogens is 456 g/mol. The van der Waals surface area contributed by atoms with Gasteiger partial charge in [-0.25, -0.2) is 0 Å². The highest BCUT2D eigenvalue weighted by atomic mass is 35.5. The van der Waals surface area contributed by atoms with Crippen LogP contribution in [0.1, 0.15) is 84.6 Å². The van der Waals surface area contributed by atoms with Crippen molar-refractivity contribution >= 4 is 40.4 Å². The maximum Gasteiger partial charge on any atom is 0.262 e. The van der Waals surface area contributed by atoms with Crippen molar-refractivity contribution in [1.82, 2.24) is 15.6 Å². The first kappa shape index (κ1) is 24.0. The molecule has 6 nitrogen and oxygen atoms in total. The Morgan fingerprint density at radius 1 is 1.18 bits per heavy atom. The van der Waals surface area contributed by atoms with Crippen LogP contribution in [-0.2, 0) is 4.79 Å². The SMILES string of the molecule is Cc1ncc(Cl)cc1N[C@@H](C)c1ccc(C(=O)N[C@@H](CC2CCCC2)C(=O)NC2CCC2)s1. The molecule has 2 aromatic rings. The molecule has 0 unspecified atom stereocenters. The molecule has 2 atom stereocenters. The Labute approximate surface area is 204 Å². The lowest BCUT2D eigenvalue weighted by Crippen LogP contribution is -2.51. The molecule has 3 N–H and O–H groups in total. The van der Waals surface area contributed by atoms with Gasteiger partial charge < -0.3 is 16.0 Å². The lowest BCUT2D eigenvalue weighted by Gasteiger charge is -2.29. The molecule has 0 saturated heterocycles. The third-order valence-corrected chi connectivity index (χ3v) is 8.29. The minimum absolute atomic E-state index is 0.00767. The predicted octanol–water partition coefficient (Wildman–Crippen LogP) is 5.63. The van der Waals surface area contributed by atoms with E-state index in [9.17, 15) is 9.59 Å². The molecule has 0 bridgehead atoms. The number of amides is 2. The van der Waals surface area contributed by atoms with E-state index in [1.54, 1.807) is 6.20 Å². The Bertz CT molecular complexity index is 985. The first-order chi connectivity index (χ1) is 15.9. The third kappa shape index (κ3) is 6.27. The number of aromatic nitrogens is 1. The monoisotopic (exact) mass is 488 g/mol. The van der Waals surface area contributed by atoms with Crippen LogP contribution >= 0.6 is 22.9 Å². The van der Waals surface area contributed by atoms with Crippen LogP contribution in [0.4, 0.5) is 5.69 Å². The van der Waals surface area contributed by atoms with Crippen molar-refractivity contribution < 1.29 is 9.59 Å². The molecule has 2 aliphatic rings. The number of anilines is 1. The van der Waals surface area contributed by atoms with Gasteiger partial charge in [0.15, 0.2) is 0 Å². The van der Waals surface area contributed by atoms with Gasteiger partial charge in [-0.3, -0.25) is 14.6 Å². The number of nitrogens with zero attached hydrogens (tertiary/aromatic N) is 1. The number of hydrogen-bond acceptors (Lipinski definition) is 5. The second kappa shape index (κ2) is 10.9. The van der Waals surface area contributed by atoms with Crippen molar-refractivity contribution in [3.05, 3.63) is 44.9 Å². The molecule has 0 radical (unpaired) electrons. The normalized spacial score (nSPS) is 18.4. The molecule has 0 aliphatic heterocycles. The Morgan fingerprint density at radius 2 is 1.94 bits per heavy atom. The van der Waals surface area contributed by atoms with Gasteiger partial charge >= 0.3 is 0 Å². The van der Waals surface area contributed by atoms with Gasteiger partial charge in [0, 0.05) is 17.1 Å². The second-order valence-electron chi connectivity index (χ2n) is 9.40. The zero-order chi connectivity index (χ0) is 23.4. The van der Waals surface area contributed by atoms with Gasteiger partial charge in [-0.2, -0.15) is 0 Å². The van der Waals surface area contributed by atoms with Crippen molar-refractivity contribution in [1.29, 1.82) is 0 Å². The summed E-state index contributed by atoms with van der Waals surface area (Å²) in [5, 5.41) is 10.2. The Hall–Kier alpha value is -2.12. The number of thiophene rings is 1.